The van der Waals surface area contributed by atoms with Crippen molar-refractivity contribution >= 4 is 22.7 Å². The van der Waals surface area contributed by atoms with Crippen molar-refractivity contribution in [1.29, 1.82) is 0 Å². The van der Waals surface area contributed by atoms with Gasteiger partial charge in [-0.1, -0.05) is 18.2 Å². The number of β-amino-alcohol motifs (C(OH)–C–C–N with tert-alkyl or cyclic N) is 1. The van der Waals surface area contributed by atoms with Gasteiger partial charge in [0.1, 0.15) is 0 Å². The molecule has 2 heterocycles. The van der Waals surface area contributed by atoms with Gasteiger partial charge in [0.2, 0.25) is 5.91 Å². The highest BCUT2D eigenvalue weighted by Gasteiger charge is 2.39. The number of carbonyl (C=O) groups excluding carboxylic acids is 2. The van der Waals surface area contributed by atoms with Crippen LogP contribution in [0.5, 0.6) is 0 Å². The Kier molecular flexibility index (Phi) is 4.32. The number of benzene rings is 1. The molecular weight excluding hydrogens is 306 g/mol. The maximum Gasteiger partial charge on any atom is 0.251 e. The summed E-state index contributed by atoms with van der Waals surface area (Å²) in [6.07, 6.45) is 3.80. The van der Waals surface area contributed by atoms with Crippen LogP contribution in [0.15, 0.2) is 24.4 Å². The van der Waals surface area contributed by atoms with Crippen molar-refractivity contribution in [3.8, 4) is 0 Å². The SMILES string of the molecule is Cc1cccc2c(CCC(=O)N3CCC[C@](O)(C(N)=O)C3)c[nH]c12. The van der Waals surface area contributed by atoms with Crippen LogP contribution in [0.2, 0.25) is 0 Å². The molecule has 6 heteroatoms. The van der Waals surface area contributed by atoms with E-state index in [0.717, 1.165) is 16.5 Å². The molecule has 1 aromatic carbocycles. The molecular formula is C18H23N3O3. The van der Waals surface area contributed by atoms with Gasteiger partial charge in [-0.15, -0.1) is 0 Å². The van der Waals surface area contributed by atoms with E-state index in [1.807, 2.05) is 31.3 Å². The fourth-order valence-corrected chi connectivity index (χ4v) is 3.42. The molecule has 24 heavy (non-hydrogen) atoms. The highest BCUT2D eigenvalue weighted by Crippen LogP contribution is 2.24. The number of hydrogen-bond acceptors (Lipinski definition) is 3. The number of nitrogens with two attached hydrogens (primary N) is 1. The fourth-order valence-electron chi connectivity index (χ4n) is 3.42. The number of aryl methyl sites for hydroxylation is 2. The third-order valence-electron chi connectivity index (χ3n) is 4.90. The molecule has 1 aromatic heterocycles. The van der Waals surface area contributed by atoms with E-state index in [4.69, 9.17) is 5.73 Å². The third kappa shape index (κ3) is 3.01. The van der Waals surface area contributed by atoms with E-state index >= 15 is 0 Å². The van der Waals surface area contributed by atoms with Crippen molar-refractivity contribution in [1.82, 2.24) is 9.88 Å². The third-order valence-corrected chi connectivity index (χ3v) is 4.90. The van der Waals surface area contributed by atoms with Gasteiger partial charge in [-0.2, -0.15) is 0 Å². The quantitative estimate of drug-likeness (QED) is 0.787. The van der Waals surface area contributed by atoms with Gasteiger partial charge in [-0.25, -0.2) is 0 Å². The molecule has 1 aliphatic heterocycles. The molecule has 2 amide bonds. The number of hydrogen-bond donors (Lipinski definition) is 3. The Hall–Kier alpha value is -2.34. The van der Waals surface area contributed by atoms with Gasteiger partial charge in [0.05, 0.1) is 6.54 Å². The van der Waals surface area contributed by atoms with Crippen LogP contribution in [0.25, 0.3) is 10.9 Å². The van der Waals surface area contributed by atoms with Gasteiger partial charge < -0.3 is 20.7 Å². The normalized spacial score (nSPS) is 21.2. The Morgan fingerprint density at radius 3 is 2.96 bits per heavy atom. The number of aromatic nitrogens is 1. The predicted molar refractivity (Wildman–Crippen MR) is 91.3 cm³/mol. The van der Waals surface area contributed by atoms with Crippen molar-refractivity contribution in [3.63, 3.8) is 0 Å². The molecule has 0 radical (unpaired) electrons. The largest absolute Gasteiger partial charge is 0.378 e. The first-order valence-corrected chi connectivity index (χ1v) is 8.26. The number of amides is 2. The Labute approximate surface area is 140 Å². The van der Waals surface area contributed by atoms with Crippen molar-refractivity contribution in [2.75, 3.05) is 13.1 Å². The van der Waals surface area contributed by atoms with Gasteiger partial charge in [-0.3, -0.25) is 9.59 Å². The van der Waals surface area contributed by atoms with E-state index in [0.29, 0.717) is 32.2 Å². The summed E-state index contributed by atoms with van der Waals surface area (Å²) in [4.78, 5) is 28.7. The number of nitrogens with zero attached hydrogens (tertiary/aromatic N) is 1. The monoisotopic (exact) mass is 329 g/mol. The first kappa shape index (κ1) is 16.5. The lowest BCUT2D eigenvalue weighted by atomic mass is 9.92. The lowest BCUT2D eigenvalue weighted by Gasteiger charge is -2.37. The summed E-state index contributed by atoms with van der Waals surface area (Å²) in [6.45, 7) is 2.60. The average Bonchev–Trinajstić information content (AvgIpc) is 2.97. The van der Waals surface area contributed by atoms with Gasteiger partial charge in [-0.05, 0) is 37.3 Å². The number of rotatable bonds is 4. The minimum atomic E-state index is -1.59. The zero-order valence-corrected chi connectivity index (χ0v) is 13.8. The van der Waals surface area contributed by atoms with E-state index < -0.39 is 11.5 Å². The number of para-hydroxylation sites is 1. The summed E-state index contributed by atoms with van der Waals surface area (Å²) in [6, 6.07) is 6.10. The predicted octanol–water partition coefficient (Wildman–Crippen LogP) is 1.25. The van der Waals surface area contributed by atoms with Crippen LogP contribution in [0.3, 0.4) is 0 Å². The van der Waals surface area contributed by atoms with Crippen LogP contribution < -0.4 is 5.73 Å². The lowest BCUT2D eigenvalue weighted by Crippen LogP contribution is -2.57. The Morgan fingerprint density at radius 1 is 1.42 bits per heavy atom. The molecule has 4 N–H and O–H groups in total. The molecule has 1 saturated heterocycles. The molecule has 0 unspecified atom stereocenters. The minimum Gasteiger partial charge on any atom is -0.378 e. The molecule has 1 aliphatic rings. The van der Waals surface area contributed by atoms with Crippen LogP contribution in [0.4, 0.5) is 0 Å². The highest BCUT2D eigenvalue weighted by molar-refractivity contribution is 5.87. The minimum absolute atomic E-state index is 0.00579. The summed E-state index contributed by atoms with van der Waals surface area (Å²) in [5, 5.41) is 11.4. The Morgan fingerprint density at radius 2 is 2.21 bits per heavy atom. The molecule has 2 aromatic rings. The average molecular weight is 329 g/mol. The topological polar surface area (TPSA) is 99.4 Å². The molecule has 128 valence electrons. The number of carbonyl (C=O) groups is 2. The summed E-state index contributed by atoms with van der Waals surface area (Å²) < 4.78 is 0. The van der Waals surface area contributed by atoms with Crippen molar-refractivity contribution in [2.45, 2.75) is 38.2 Å². The van der Waals surface area contributed by atoms with E-state index in [2.05, 4.69) is 4.98 Å². The first-order chi connectivity index (χ1) is 11.4. The maximum atomic E-state index is 12.5. The molecule has 0 aliphatic carbocycles. The zero-order chi connectivity index (χ0) is 17.3. The standard InChI is InChI=1S/C18H23N3O3/c1-12-4-2-5-14-13(10-20-16(12)14)6-7-15(22)21-9-3-8-18(24,11-21)17(19)23/h2,4-5,10,20,24H,3,6-9,11H2,1H3,(H2,19,23)/t18-/m1/s1. The Balaban J connectivity index is 1.67. The van der Waals surface area contributed by atoms with Gasteiger partial charge in [0.25, 0.3) is 5.91 Å². The van der Waals surface area contributed by atoms with E-state index in [-0.39, 0.29) is 12.5 Å². The number of nitrogens with one attached hydrogen (secondary N) is 1. The summed E-state index contributed by atoms with van der Waals surface area (Å²) in [5.41, 5.74) is 7.04. The van der Waals surface area contributed by atoms with Crippen molar-refractivity contribution in [3.05, 3.63) is 35.5 Å². The van der Waals surface area contributed by atoms with Crippen LogP contribution >= 0.6 is 0 Å². The van der Waals surface area contributed by atoms with E-state index in [9.17, 15) is 14.7 Å². The first-order valence-electron chi connectivity index (χ1n) is 8.26. The van der Waals surface area contributed by atoms with Crippen LogP contribution in [0, 0.1) is 6.92 Å². The second-order valence-electron chi connectivity index (χ2n) is 6.63. The molecule has 1 fully saturated rings. The second kappa shape index (κ2) is 6.28. The summed E-state index contributed by atoms with van der Waals surface area (Å²) in [7, 11) is 0. The van der Waals surface area contributed by atoms with Crippen molar-refractivity contribution in [2.24, 2.45) is 5.73 Å². The molecule has 0 spiro atoms. The number of primary amides is 1. The molecule has 0 saturated carbocycles. The van der Waals surface area contributed by atoms with Crippen LogP contribution in [0.1, 0.15) is 30.4 Å². The van der Waals surface area contributed by atoms with Crippen LogP contribution in [-0.2, 0) is 16.0 Å². The number of aliphatic hydroxyl groups is 1. The maximum absolute atomic E-state index is 12.5. The molecule has 3 rings (SSSR count). The highest BCUT2D eigenvalue weighted by atomic mass is 16.3. The number of likely N-dealkylation sites (tertiary alicyclic amines) is 1. The van der Waals surface area contributed by atoms with Crippen molar-refractivity contribution < 1.29 is 14.7 Å². The molecule has 1 atom stereocenters. The lowest BCUT2D eigenvalue weighted by molar-refractivity contribution is -0.148. The molecule has 0 bridgehead atoms. The second-order valence-corrected chi connectivity index (χ2v) is 6.63. The number of H-pyrrole nitrogens is 1. The smallest absolute Gasteiger partial charge is 0.251 e. The summed E-state index contributed by atoms with van der Waals surface area (Å²) >= 11 is 0. The van der Waals surface area contributed by atoms with Crippen LogP contribution in [-0.4, -0.2) is 45.5 Å². The Bertz CT molecular complexity index is 783. The molecule has 6 nitrogen and oxygen atoms in total. The van der Waals surface area contributed by atoms with Gasteiger partial charge >= 0.3 is 0 Å². The van der Waals surface area contributed by atoms with Gasteiger partial charge in [0, 0.05) is 30.1 Å². The van der Waals surface area contributed by atoms with E-state index in [1.54, 1.807) is 4.90 Å². The number of piperidine rings is 1. The summed E-state index contributed by atoms with van der Waals surface area (Å²) in [5.74, 6) is -0.816. The van der Waals surface area contributed by atoms with Gasteiger partial charge in [0.15, 0.2) is 5.60 Å². The van der Waals surface area contributed by atoms with E-state index in [1.165, 1.54) is 5.56 Å². The zero-order valence-electron chi connectivity index (χ0n) is 13.8. The number of aromatic amines is 1. The fraction of sp³-hybridized carbons (Fsp3) is 0.444. The number of fused-ring (bicyclic) bond motifs is 1.